The van der Waals surface area contributed by atoms with Gasteiger partial charge in [0.15, 0.2) is 5.13 Å². The van der Waals surface area contributed by atoms with Gasteiger partial charge in [0.1, 0.15) is 5.01 Å². The minimum absolute atomic E-state index is 0.717. The van der Waals surface area contributed by atoms with Crippen molar-refractivity contribution in [3.05, 3.63) is 41.7 Å². The molecule has 3 rings (SSSR count). The van der Waals surface area contributed by atoms with Gasteiger partial charge in [0.05, 0.1) is 15.4 Å². The predicted molar refractivity (Wildman–Crippen MR) is 99.8 cm³/mol. The highest BCUT2D eigenvalue weighted by Crippen LogP contribution is 2.38. The van der Waals surface area contributed by atoms with Crippen LogP contribution in [0, 0.1) is 6.92 Å². The molecular formula is C17H20N4S2. The quantitative estimate of drug-likeness (QED) is 0.494. The second-order valence-electron chi connectivity index (χ2n) is 5.41. The molecule has 0 aliphatic carbocycles. The lowest BCUT2D eigenvalue weighted by Gasteiger charge is -2.01. The third-order valence-corrected chi connectivity index (χ3v) is 5.98. The van der Waals surface area contributed by atoms with Crippen molar-refractivity contribution in [1.82, 2.24) is 9.97 Å². The summed E-state index contributed by atoms with van der Waals surface area (Å²) in [6, 6.07) is 8.77. The molecule has 1 aromatic carbocycles. The second-order valence-corrected chi connectivity index (χ2v) is 7.44. The molecular weight excluding hydrogens is 324 g/mol. The van der Waals surface area contributed by atoms with E-state index in [2.05, 4.69) is 41.6 Å². The Morgan fingerprint density at radius 3 is 2.61 bits per heavy atom. The number of unbranched alkanes of at least 4 members (excludes halogenated alkanes) is 1. The number of nitrogen functional groups attached to an aromatic ring is 1. The molecule has 0 saturated heterocycles. The average molecular weight is 345 g/mol. The number of benzene rings is 1. The molecule has 0 atom stereocenters. The summed E-state index contributed by atoms with van der Waals surface area (Å²) in [5.74, 6) is 5.41. The van der Waals surface area contributed by atoms with Gasteiger partial charge in [-0.2, -0.15) is 0 Å². The van der Waals surface area contributed by atoms with Crippen molar-refractivity contribution >= 4 is 27.8 Å². The first-order chi connectivity index (χ1) is 11.2. The Kier molecular flexibility index (Phi) is 5.05. The first-order valence-electron chi connectivity index (χ1n) is 7.70. The van der Waals surface area contributed by atoms with Crippen molar-refractivity contribution in [3.8, 4) is 20.3 Å². The van der Waals surface area contributed by atoms with Crippen LogP contribution in [0.15, 0.2) is 30.5 Å². The van der Waals surface area contributed by atoms with Crippen molar-refractivity contribution in [2.45, 2.75) is 33.1 Å². The molecule has 4 nitrogen and oxygen atoms in total. The number of hydrogen-bond donors (Lipinski definition) is 2. The SMILES string of the molecule is CCCCc1ccc(-c2nc(C)c(-c3cnc(NN)s3)s2)cc1. The van der Waals surface area contributed by atoms with Gasteiger partial charge in [-0.05, 0) is 25.3 Å². The monoisotopic (exact) mass is 344 g/mol. The first-order valence-corrected chi connectivity index (χ1v) is 9.34. The van der Waals surface area contributed by atoms with Crippen LogP contribution < -0.4 is 11.3 Å². The number of anilines is 1. The molecule has 2 heterocycles. The third kappa shape index (κ3) is 3.60. The molecule has 2 aromatic heterocycles. The lowest BCUT2D eigenvalue weighted by molar-refractivity contribution is 0.795. The fourth-order valence-electron chi connectivity index (χ4n) is 2.39. The summed E-state index contributed by atoms with van der Waals surface area (Å²) in [5, 5.41) is 1.77. The number of nitrogens with zero attached hydrogens (tertiary/aromatic N) is 2. The Morgan fingerprint density at radius 2 is 1.96 bits per heavy atom. The number of rotatable bonds is 6. The molecule has 23 heavy (non-hydrogen) atoms. The summed E-state index contributed by atoms with van der Waals surface area (Å²) in [5.41, 5.74) is 6.19. The van der Waals surface area contributed by atoms with E-state index in [9.17, 15) is 0 Å². The second kappa shape index (κ2) is 7.21. The number of thiazole rings is 2. The Labute approximate surface area is 144 Å². The summed E-state index contributed by atoms with van der Waals surface area (Å²) in [7, 11) is 0. The van der Waals surface area contributed by atoms with E-state index in [-0.39, 0.29) is 0 Å². The van der Waals surface area contributed by atoms with E-state index in [0.29, 0.717) is 0 Å². The Bertz CT molecular complexity index is 774. The molecule has 0 unspecified atom stereocenters. The van der Waals surface area contributed by atoms with Crippen molar-refractivity contribution < 1.29 is 0 Å². The van der Waals surface area contributed by atoms with Crippen molar-refractivity contribution in [2.24, 2.45) is 5.84 Å². The maximum Gasteiger partial charge on any atom is 0.197 e. The van der Waals surface area contributed by atoms with Crippen molar-refractivity contribution in [2.75, 3.05) is 5.43 Å². The zero-order valence-electron chi connectivity index (χ0n) is 13.3. The largest absolute Gasteiger partial charge is 0.300 e. The molecule has 0 bridgehead atoms. The molecule has 120 valence electrons. The van der Waals surface area contributed by atoms with Gasteiger partial charge >= 0.3 is 0 Å². The summed E-state index contributed by atoms with van der Waals surface area (Å²) in [6.07, 6.45) is 5.46. The Morgan fingerprint density at radius 1 is 1.17 bits per heavy atom. The molecule has 0 amide bonds. The smallest absolute Gasteiger partial charge is 0.197 e. The van der Waals surface area contributed by atoms with Crippen LogP contribution in [0.2, 0.25) is 0 Å². The highest BCUT2D eigenvalue weighted by atomic mass is 32.1. The number of nitrogens with one attached hydrogen (secondary N) is 1. The first kappa shape index (κ1) is 16.1. The highest BCUT2D eigenvalue weighted by Gasteiger charge is 2.13. The van der Waals surface area contributed by atoms with Gasteiger partial charge in [0.25, 0.3) is 0 Å². The molecule has 0 saturated carbocycles. The lowest BCUT2D eigenvalue weighted by atomic mass is 10.1. The number of hydrazine groups is 1. The van der Waals surface area contributed by atoms with Crippen LogP contribution in [-0.4, -0.2) is 9.97 Å². The van der Waals surface area contributed by atoms with Crippen LogP contribution in [0.1, 0.15) is 31.0 Å². The zero-order valence-corrected chi connectivity index (χ0v) is 14.9. The van der Waals surface area contributed by atoms with Gasteiger partial charge in [-0.1, -0.05) is 48.9 Å². The number of aryl methyl sites for hydroxylation is 2. The van der Waals surface area contributed by atoms with Crippen molar-refractivity contribution in [1.29, 1.82) is 0 Å². The summed E-state index contributed by atoms with van der Waals surface area (Å²) in [4.78, 5) is 11.2. The summed E-state index contributed by atoms with van der Waals surface area (Å²) < 4.78 is 0. The van der Waals surface area contributed by atoms with E-state index in [4.69, 9.17) is 10.8 Å². The number of hydrogen-bond acceptors (Lipinski definition) is 6. The van der Waals surface area contributed by atoms with Crippen molar-refractivity contribution in [3.63, 3.8) is 0 Å². The number of aromatic nitrogens is 2. The van der Waals surface area contributed by atoms with E-state index >= 15 is 0 Å². The summed E-state index contributed by atoms with van der Waals surface area (Å²) >= 11 is 3.25. The van der Waals surface area contributed by atoms with Gasteiger partial charge in [-0.15, -0.1) is 11.3 Å². The van der Waals surface area contributed by atoms with Crippen LogP contribution >= 0.6 is 22.7 Å². The van der Waals surface area contributed by atoms with Gasteiger partial charge in [-0.25, -0.2) is 15.8 Å². The third-order valence-electron chi connectivity index (χ3n) is 3.67. The van der Waals surface area contributed by atoms with Gasteiger partial charge in [0.2, 0.25) is 0 Å². The van der Waals surface area contributed by atoms with Gasteiger partial charge in [-0.3, -0.25) is 5.43 Å². The molecule has 0 fully saturated rings. The van der Waals surface area contributed by atoms with Crippen LogP contribution in [0.25, 0.3) is 20.3 Å². The number of nitrogens with two attached hydrogens (primary N) is 1. The van der Waals surface area contributed by atoms with Crippen LogP contribution in [0.3, 0.4) is 0 Å². The normalized spacial score (nSPS) is 10.9. The molecule has 6 heteroatoms. The van der Waals surface area contributed by atoms with Gasteiger partial charge < -0.3 is 0 Å². The van der Waals surface area contributed by atoms with Crippen LogP contribution in [0.4, 0.5) is 5.13 Å². The maximum absolute atomic E-state index is 5.41. The fourth-order valence-corrected chi connectivity index (χ4v) is 4.33. The fraction of sp³-hybridized carbons (Fsp3) is 0.294. The van der Waals surface area contributed by atoms with E-state index in [1.165, 1.54) is 24.0 Å². The average Bonchev–Trinajstić information content (AvgIpc) is 3.19. The molecule has 0 aliphatic heterocycles. The topological polar surface area (TPSA) is 63.8 Å². The molecule has 0 aliphatic rings. The molecule has 0 radical (unpaired) electrons. The Hall–Kier alpha value is -1.76. The van der Waals surface area contributed by atoms with E-state index in [0.717, 1.165) is 32.0 Å². The maximum atomic E-state index is 5.41. The molecule has 3 aromatic rings. The minimum atomic E-state index is 0.717. The Balaban J connectivity index is 1.85. The lowest BCUT2D eigenvalue weighted by Crippen LogP contribution is -2.05. The van der Waals surface area contributed by atoms with E-state index in [1.54, 1.807) is 22.7 Å². The van der Waals surface area contributed by atoms with Crippen LogP contribution in [0.5, 0.6) is 0 Å². The van der Waals surface area contributed by atoms with E-state index in [1.807, 2.05) is 13.1 Å². The zero-order chi connectivity index (χ0) is 16.2. The van der Waals surface area contributed by atoms with Gasteiger partial charge in [0, 0.05) is 11.8 Å². The highest BCUT2D eigenvalue weighted by molar-refractivity contribution is 7.25. The molecule has 3 N–H and O–H groups in total. The van der Waals surface area contributed by atoms with E-state index < -0.39 is 0 Å². The molecule has 0 spiro atoms. The standard InChI is InChI=1S/C17H20N4S2/c1-3-4-5-12-6-8-13(9-7-12)16-20-11(2)15(23-16)14-10-19-17(21-18)22-14/h6-10H,3-5,18H2,1-2H3,(H,19,21). The predicted octanol–water partition coefficient (Wildman–Crippen LogP) is 4.87. The van der Waals surface area contributed by atoms with Crippen LogP contribution in [-0.2, 0) is 6.42 Å². The summed E-state index contributed by atoms with van der Waals surface area (Å²) in [6.45, 7) is 4.26. The minimum Gasteiger partial charge on any atom is -0.300 e.